The van der Waals surface area contributed by atoms with E-state index in [1.807, 2.05) is 0 Å². The zero-order valence-electron chi connectivity index (χ0n) is 14.5. The number of morpholine rings is 1. The molecule has 7 nitrogen and oxygen atoms in total. The zero-order valence-corrected chi connectivity index (χ0v) is 15.3. The van der Waals surface area contributed by atoms with Crippen molar-refractivity contribution in [2.75, 3.05) is 43.1 Å². The minimum atomic E-state index is -0.395. The first-order valence-corrected chi connectivity index (χ1v) is 8.73. The van der Waals surface area contributed by atoms with Gasteiger partial charge in [0.05, 0.1) is 42.6 Å². The van der Waals surface area contributed by atoms with Gasteiger partial charge in [-0.1, -0.05) is 17.7 Å². The van der Waals surface area contributed by atoms with Crippen molar-refractivity contribution in [3.05, 3.63) is 23.2 Å². The topological polar surface area (TPSA) is 79.9 Å². The number of carbonyl (C=O) groups is 2. The van der Waals surface area contributed by atoms with Gasteiger partial charge in [-0.05, 0) is 26.0 Å². The first kappa shape index (κ1) is 19.3. The standard InChI is InChI=1S/C17H24ClN3O4/c1-3-25-15(22)11-12(2)19-17(23)20-14-6-4-5-13(18)16(14)21-7-9-24-10-8-21/h4-6,12H,3,7-11H2,1-2H3,(H2,19,20,23)/t12-/m0/s1. The number of para-hydroxylation sites is 1. The Morgan fingerprint density at radius 1 is 1.36 bits per heavy atom. The predicted molar refractivity (Wildman–Crippen MR) is 97.4 cm³/mol. The summed E-state index contributed by atoms with van der Waals surface area (Å²) >= 11 is 6.34. The van der Waals surface area contributed by atoms with Crippen molar-refractivity contribution >= 4 is 35.0 Å². The van der Waals surface area contributed by atoms with Gasteiger partial charge in [0.1, 0.15) is 0 Å². The summed E-state index contributed by atoms with van der Waals surface area (Å²) in [6, 6.07) is 4.63. The highest BCUT2D eigenvalue weighted by atomic mass is 35.5. The molecule has 1 aliphatic heterocycles. The molecule has 1 fully saturated rings. The number of hydrogen-bond donors (Lipinski definition) is 2. The van der Waals surface area contributed by atoms with Gasteiger partial charge in [0.25, 0.3) is 0 Å². The molecular weight excluding hydrogens is 346 g/mol. The lowest BCUT2D eigenvalue weighted by Gasteiger charge is -2.31. The van der Waals surface area contributed by atoms with Crippen LogP contribution < -0.4 is 15.5 Å². The van der Waals surface area contributed by atoms with Crippen LogP contribution in [0.4, 0.5) is 16.2 Å². The van der Waals surface area contributed by atoms with Gasteiger partial charge < -0.3 is 25.0 Å². The Labute approximate surface area is 152 Å². The fraction of sp³-hybridized carbons (Fsp3) is 0.529. The number of halogens is 1. The fourth-order valence-electron chi connectivity index (χ4n) is 2.63. The minimum absolute atomic E-state index is 0.118. The van der Waals surface area contributed by atoms with Gasteiger partial charge in [-0.15, -0.1) is 0 Å². The van der Waals surface area contributed by atoms with E-state index < -0.39 is 6.03 Å². The molecule has 2 rings (SSSR count). The summed E-state index contributed by atoms with van der Waals surface area (Å²) in [5.41, 5.74) is 1.40. The predicted octanol–water partition coefficient (Wildman–Crippen LogP) is 2.64. The minimum Gasteiger partial charge on any atom is -0.466 e. The summed E-state index contributed by atoms with van der Waals surface area (Å²) in [5, 5.41) is 6.11. The average Bonchev–Trinajstić information content (AvgIpc) is 2.55. The van der Waals surface area contributed by atoms with E-state index in [2.05, 4.69) is 15.5 Å². The van der Waals surface area contributed by atoms with E-state index >= 15 is 0 Å². The van der Waals surface area contributed by atoms with Crippen LogP contribution in [0.5, 0.6) is 0 Å². The zero-order chi connectivity index (χ0) is 18.2. The van der Waals surface area contributed by atoms with Gasteiger partial charge in [0.15, 0.2) is 0 Å². The smallest absolute Gasteiger partial charge is 0.319 e. The van der Waals surface area contributed by atoms with Crippen molar-refractivity contribution in [2.24, 2.45) is 0 Å². The number of nitrogens with zero attached hydrogens (tertiary/aromatic N) is 1. The van der Waals surface area contributed by atoms with E-state index in [-0.39, 0.29) is 18.4 Å². The molecule has 1 atom stereocenters. The molecule has 0 aliphatic carbocycles. The highest BCUT2D eigenvalue weighted by Crippen LogP contribution is 2.34. The molecule has 1 saturated heterocycles. The maximum Gasteiger partial charge on any atom is 0.319 e. The number of hydrogen-bond acceptors (Lipinski definition) is 5. The molecule has 0 radical (unpaired) electrons. The molecule has 1 aromatic rings. The van der Waals surface area contributed by atoms with E-state index in [1.165, 1.54) is 0 Å². The third-order valence-corrected chi connectivity index (χ3v) is 4.02. The molecule has 1 aliphatic rings. The van der Waals surface area contributed by atoms with E-state index in [0.717, 1.165) is 5.69 Å². The summed E-state index contributed by atoms with van der Waals surface area (Å²) in [5.74, 6) is -0.341. The normalized spacial score (nSPS) is 15.4. The number of ether oxygens (including phenoxy) is 2. The van der Waals surface area contributed by atoms with Gasteiger partial charge in [-0.25, -0.2) is 4.79 Å². The highest BCUT2D eigenvalue weighted by molar-refractivity contribution is 6.34. The van der Waals surface area contributed by atoms with Crippen LogP contribution in [-0.4, -0.2) is 51.0 Å². The van der Waals surface area contributed by atoms with Crippen LogP contribution in [0.25, 0.3) is 0 Å². The van der Waals surface area contributed by atoms with Crippen LogP contribution in [0.2, 0.25) is 5.02 Å². The highest BCUT2D eigenvalue weighted by Gasteiger charge is 2.20. The van der Waals surface area contributed by atoms with Gasteiger partial charge in [-0.2, -0.15) is 0 Å². The van der Waals surface area contributed by atoms with Gasteiger partial charge >= 0.3 is 12.0 Å². The Balaban J connectivity index is 2.00. The molecule has 0 unspecified atom stereocenters. The van der Waals surface area contributed by atoms with Crippen molar-refractivity contribution in [2.45, 2.75) is 26.3 Å². The average molecular weight is 370 g/mol. The molecular formula is C17H24ClN3O4. The number of carbonyl (C=O) groups excluding carboxylic acids is 2. The lowest BCUT2D eigenvalue weighted by atomic mass is 10.2. The Bertz CT molecular complexity index is 606. The Kier molecular flexibility index (Phi) is 7.33. The van der Waals surface area contributed by atoms with Gasteiger partial charge in [0, 0.05) is 19.1 Å². The number of urea groups is 1. The van der Waals surface area contributed by atoms with Crippen LogP contribution in [0, 0.1) is 0 Å². The SMILES string of the molecule is CCOC(=O)C[C@H](C)NC(=O)Nc1cccc(Cl)c1N1CCOCC1. The van der Waals surface area contributed by atoms with Crippen LogP contribution in [0.15, 0.2) is 18.2 Å². The molecule has 0 aromatic heterocycles. The molecule has 0 spiro atoms. The monoisotopic (exact) mass is 369 g/mol. The molecule has 2 N–H and O–H groups in total. The largest absolute Gasteiger partial charge is 0.466 e. The summed E-state index contributed by atoms with van der Waals surface area (Å²) in [4.78, 5) is 25.8. The van der Waals surface area contributed by atoms with Crippen molar-refractivity contribution in [3.8, 4) is 0 Å². The van der Waals surface area contributed by atoms with E-state index in [0.29, 0.717) is 43.6 Å². The van der Waals surface area contributed by atoms with Gasteiger partial charge in [0.2, 0.25) is 0 Å². The molecule has 138 valence electrons. The number of amides is 2. The summed E-state index contributed by atoms with van der Waals surface area (Å²) in [6.07, 6.45) is 0.118. The molecule has 0 saturated carbocycles. The van der Waals surface area contributed by atoms with Gasteiger partial charge in [-0.3, -0.25) is 4.79 Å². The van der Waals surface area contributed by atoms with Crippen LogP contribution >= 0.6 is 11.6 Å². The van der Waals surface area contributed by atoms with Crippen molar-refractivity contribution in [1.82, 2.24) is 5.32 Å². The number of esters is 1. The Morgan fingerprint density at radius 2 is 2.08 bits per heavy atom. The maximum atomic E-state index is 12.2. The number of nitrogens with one attached hydrogen (secondary N) is 2. The summed E-state index contributed by atoms with van der Waals surface area (Å²) in [6.45, 7) is 6.47. The molecule has 0 bridgehead atoms. The van der Waals surface area contributed by atoms with Crippen molar-refractivity contribution in [3.63, 3.8) is 0 Å². The number of benzene rings is 1. The molecule has 8 heteroatoms. The second kappa shape index (κ2) is 9.48. The van der Waals surface area contributed by atoms with Crippen LogP contribution in [-0.2, 0) is 14.3 Å². The maximum absolute atomic E-state index is 12.2. The Hall–Kier alpha value is -1.99. The lowest BCUT2D eigenvalue weighted by Crippen LogP contribution is -2.39. The molecule has 2 amide bonds. The molecule has 1 heterocycles. The van der Waals surface area contributed by atoms with Crippen molar-refractivity contribution < 1.29 is 19.1 Å². The third kappa shape index (κ3) is 5.79. The second-order valence-electron chi connectivity index (χ2n) is 5.74. The summed E-state index contributed by atoms with van der Waals surface area (Å²) < 4.78 is 10.2. The Morgan fingerprint density at radius 3 is 2.76 bits per heavy atom. The first-order chi connectivity index (χ1) is 12.0. The quantitative estimate of drug-likeness (QED) is 0.753. The number of rotatable bonds is 6. The van der Waals surface area contributed by atoms with E-state index in [9.17, 15) is 9.59 Å². The molecule has 25 heavy (non-hydrogen) atoms. The van der Waals surface area contributed by atoms with E-state index in [1.54, 1.807) is 32.0 Å². The van der Waals surface area contributed by atoms with Crippen molar-refractivity contribution in [1.29, 1.82) is 0 Å². The first-order valence-electron chi connectivity index (χ1n) is 8.35. The fourth-order valence-corrected chi connectivity index (χ4v) is 2.92. The van der Waals surface area contributed by atoms with Crippen LogP contribution in [0.1, 0.15) is 20.3 Å². The van der Waals surface area contributed by atoms with Crippen LogP contribution in [0.3, 0.4) is 0 Å². The number of anilines is 2. The third-order valence-electron chi connectivity index (χ3n) is 3.72. The summed E-state index contributed by atoms with van der Waals surface area (Å²) in [7, 11) is 0. The molecule has 1 aromatic carbocycles. The lowest BCUT2D eigenvalue weighted by molar-refractivity contribution is -0.143. The second-order valence-corrected chi connectivity index (χ2v) is 6.15. The van der Waals surface area contributed by atoms with E-state index in [4.69, 9.17) is 21.1 Å².